The molecule has 0 spiro atoms. The van der Waals surface area contributed by atoms with Gasteiger partial charge in [0.25, 0.3) is 0 Å². The number of nitrogens with one attached hydrogen (secondary N) is 1. The van der Waals surface area contributed by atoms with Gasteiger partial charge in [0.05, 0.1) is 20.8 Å². The maximum atomic E-state index is 5.37. The molecule has 1 heterocycles. The molecule has 0 saturated heterocycles. The van der Waals surface area contributed by atoms with Gasteiger partial charge in [-0.05, 0) is 30.7 Å². The van der Waals surface area contributed by atoms with Crippen molar-refractivity contribution in [3.63, 3.8) is 0 Å². The van der Waals surface area contributed by atoms with Crippen LogP contribution in [-0.2, 0) is 6.54 Å². The van der Waals surface area contributed by atoms with Crippen molar-refractivity contribution in [2.24, 2.45) is 0 Å². The van der Waals surface area contributed by atoms with E-state index in [0.29, 0.717) is 18.0 Å². The van der Waals surface area contributed by atoms with Crippen LogP contribution in [0.1, 0.15) is 11.3 Å². The Balaban J connectivity index is 2.18. The Morgan fingerprint density at radius 3 is 2.65 bits per heavy atom. The molecule has 106 valence electrons. The lowest BCUT2D eigenvalue weighted by Crippen LogP contribution is -2.06. The molecule has 0 aliphatic heterocycles. The zero-order valence-electron chi connectivity index (χ0n) is 11.7. The second-order valence-electron chi connectivity index (χ2n) is 4.31. The third-order valence-electron chi connectivity index (χ3n) is 3.00. The molecule has 2 aromatic rings. The molecule has 0 aliphatic carbocycles. The summed E-state index contributed by atoms with van der Waals surface area (Å²) in [6.07, 6.45) is 1.72. The smallest absolute Gasteiger partial charge is 0.184 e. The van der Waals surface area contributed by atoms with Crippen LogP contribution in [0.25, 0.3) is 0 Å². The van der Waals surface area contributed by atoms with Gasteiger partial charge >= 0.3 is 0 Å². The number of ether oxygens (including phenoxy) is 2. The van der Waals surface area contributed by atoms with Gasteiger partial charge in [-0.2, -0.15) is 0 Å². The molecule has 1 aromatic heterocycles. The van der Waals surface area contributed by atoms with Crippen molar-refractivity contribution in [1.29, 1.82) is 0 Å². The summed E-state index contributed by atoms with van der Waals surface area (Å²) in [5.41, 5.74) is 3.05. The van der Waals surface area contributed by atoms with Crippen molar-refractivity contribution in [3.05, 3.63) is 46.2 Å². The summed E-state index contributed by atoms with van der Waals surface area (Å²) in [6, 6.07) is 7.89. The summed E-state index contributed by atoms with van der Waals surface area (Å²) in [4.78, 5) is 4.34. The average Bonchev–Trinajstić information content (AvgIpc) is 2.45. The van der Waals surface area contributed by atoms with Crippen LogP contribution in [0.15, 0.2) is 34.9 Å². The van der Waals surface area contributed by atoms with Gasteiger partial charge in [0, 0.05) is 22.4 Å². The molecule has 0 fully saturated rings. The maximum absolute atomic E-state index is 5.37. The molecule has 1 aromatic carbocycles. The molecule has 5 heteroatoms. The first kappa shape index (κ1) is 14.7. The Labute approximate surface area is 127 Å². The second-order valence-corrected chi connectivity index (χ2v) is 5.22. The summed E-state index contributed by atoms with van der Waals surface area (Å²) in [7, 11) is 3.24. The molecule has 0 amide bonds. The standard InChI is InChI=1S/C15H17BrN2O2/c1-10-8-11(16)4-5-12(10)18-9-13-15(20-3)14(19-2)6-7-17-13/h4-8,18H,9H2,1-3H3. The maximum Gasteiger partial charge on any atom is 0.184 e. The molecule has 1 N–H and O–H groups in total. The minimum absolute atomic E-state index is 0.572. The topological polar surface area (TPSA) is 43.4 Å². The summed E-state index contributed by atoms with van der Waals surface area (Å²) >= 11 is 3.46. The van der Waals surface area contributed by atoms with E-state index in [1.807, 2.05) is 12.1 Å². The number of benzene rings is 1. The number of pyridine rings is 1. The fourth-order valence-electron chi connectivity index (χ4n) is 1.98. The lowest BCUT2D eigenvalue weighted by molar-refractivity contribution is 0.350. The summed E-state index contributed by atoms with van der Waals surface area (Å²) in [6.45, 7) is 2.63. The van der Waals surface area contributed by atoms with Gasteiger partial charge in [-0.25, -0.2) is 0 Å². The van der Waals surface area contributed by atoms with Crippen LogP contribution in [-0.4, -0.2) is 19.2 Å². The summed E-state index contributed by atoms with van der Waals surface area (Å²) in [5, 5.41) is 3.36. The van der Waals surface area contributed by atoms with E-state index in [4.69, 9.17) is 9.47 Å². The predicted molar refractivity (Wildman–Crippen MR) is 83.5 cm³/mol. The first-order valence-electron chi connectivity index (χ1n) is 6.21. The number of halogens is 1. The number of hydrogen-bond donors (Lipinski definition) is 1. The van der Waals surface area contributed by atoms with Crippen LogP contribution >= 0.6 is 15.9 Å². The van der Waals surface area contributed by atoms with Gasteiger partial charge in [0.1, 0.15) is 5.69 Å². The van der Waals surface area contributed by atoms with Gasteiger partial charge in [-0.3, -0.25) is 4.98 Å². The zero-order chi connectivity index (χ0) is 14.5. The van der Waals surface area contributed by atoms with E-state index < -0.39 is 0 Å². The Hall–Kier alpha value is -1.75. The molecule has 0 aliphatic rings. The van der Waals surface area contributed by atoms with Crippen LogP contribution < -0.4 is 14.8 Å². The lowest BCUT2D eigenvalue weighted by Gasteiger charge is -2.14. The van der Waals surface area contributed by atoms with E-state index >= 15 is 0 Å². The van der Waals surface area contributed by atoms with E-state index in [-0.39, 0.29) is 0 Å². The minimum atomic E-state index is 0.572. The molecule has 0 unspecified atom stereocenters. The quantitative estimate of drug-likeness (QED) is 0.902. The van der Waals surface area contributed by atoms with Gasteiger partial charge in [-0.1, -0.05) is 15.9 Å². The largest absolute Gasteiger partial charge is 0.493 e. The number of nitrogens with zero attached hydrogens (tertiary/aromatic N) is 1. The fraction of sp³-hybridized carbons (Fsp3) is 0.267. The number of rotatable bonds is 5. The van der Waals surface area contributed by atoms with Crippen molar-refractivity contribution in [3.8, 4) is 11.5 Å². The third-order valence-corrected chi connectivity index (χ3v) is 3.49. The lowest BCUT2D eigenvalue weighted by atomic mass is 10.2. The molecule has 20 heavy (non-hydrogen) atoms. The number of aryl methyl sites for hydroxylation is 1. The number of anilines is 1. The number of methoxy groups -OCH3 is 2. The first-order chi connectivity index (χ1) is 9.65. The Morgan fingerprint density at radius 1 is 1.20 bits per heavy atom. The molecule has 0 atom stereocenters. The molecule has 4 nitrogen and oxygen atoms in total. The van der Waals surface area contributed by atoms with E-state index in [0.717, 1.165) is 15.9 Å². The van der Waals surface area contributed by atoms with E-state index in [2.05, 4.69) is 39.2 Å². The van der Waals surface area contributed by atoms with Crippen molar-refractivity contribution < 1.29 is 9.47 Å². The zero-order valence-corrected chi connectivity index (χ0v) is 13.3. The highest BCUT2D eigenvalue weighted by atomic mass is 79.9. The Bertz CT molecular complexity index is 602. The summed E-state index contributed by atoms with van der Waals surface area (Å²) < 4.78 is 11.7. The second kappa shape index (κ2) is 6.61. The molecular formula is C15H17BrN2O2. The predicted octanol–water partition coefficient (Wildman–Crippen LogP) is 3.78. The third kappa shape index (κ3) is 3.22. The van der Waals surface area contributed by atoms with E-state index in [1.165, 1.54) is 5.56 Å². The molecule has 0 saturated carbocycles. The molecular weight excluding hydrogens is 320 g/mol. The molecule has 2 rings (SSSR count). The molecule has 0 bridgehead atoms. The number of hydrogen-bond acceptors (Lipinski definition) is 4. The van der Waals surface area contributed by atoms with Crippen LogP contribution in [0, 0.1) is 6.92 Å². The SMILES string of the molecule is COc1ccnc(CNc2ccc(Br)cc2C)c1OC. The average molecular weight is 337 g/mol. The number of aromatic nitrogens is 1. The monoisotopic (exact) mass is 336 g/mol. The van der Waals surface area contributed by atoms with E-state index in [1.54, 1.807) is 26.5 Å². The van der Waals surface area contributed by atoms with Crippen LogP contribution in [0.5, 0.6) is 11.5 Å². The molecule has 0 radical (unpaired) electrons. The van der Waals surface area contributed by atoms with Crippen LogP contribution in [0.2, 0.25) is 0 Å². The van der Waals surface area contributed by atoms with Crippen molar-refractivity contribution in [2.75, 3.05) is 19.5 Å². The Morgan fingerprint density at radius 2 is 2.00 bits per heavy atom. The van der Waals surface area contributed by atoms with Gasteiger partial charge < -0.3 is 14.8 Å². The highest BCUT2D eigenvalue weighted by Gasteiger charge is 2.11. The van der Waals surface area contributed by atoms with Gasteiger partial charge in [-0.15, -0.1) is 0 Å². The van der Waals surface area contributed by atoms with Crippen LogP contribution in [0.3, 0.4) is 0 Å². The van der Waals surface area contributed by atoms with E-state index in [9.17, 15) is 0 Å². The summed E-state index contributed by atoms with van der Waals surface area (Å²) in [5.74, 6) is 1.35. The first-order valence-corrected chi connectivity index (χ1v) is 7.01. The normalized spacial score (nSPS) is 10.2. The fourth-order valence-corrected chi connectivity index (χ4v) is 2.46. The van der Waals surface area contributed by atoms with Gasteiger partial charge in [0.2, 0.25) is 0 Å². The van der Waals surface area contributed by atoms with Crippen molar-refractivity contribution in [1.82, 2.24) is 4.98 Å². The van der Waals surface area contributed by atoms with Crippen molar-refractivity contribution in [2.45, 2.75) is 13.5 Å². The highest BCUT2D eigenvalue weighted by molar-refractivity contribution is 9.10. The minimum Gasteiger partial charge on any atom is -0.493 e. The van der Waals surface area contributed by atoms with Gasteiger partial charge in [0.15, 0.2) is 11.5 Å². The van der Waals surface area contributed by atoms with Crippen LogP contribution in [0.4, 0.5) is 5.69 Å². The highest BCUT2D eigenvalue weighted by Crippen LogP contribution is 2.29. The Kier molecular flexibility index (Phi) is 4.84. The van der Waals surface area contributed by atoms with Crippen molar-refractivity contribution >= 4 is 21.6 Å².